The fourth-order valence-corrected chi connectivity index (χ4v) is 1.87. The van der Waals surface area contributed by atoms with E-state index in [0.717, 1.165) is 12.8 Å². The summed E-state index contributed by atoms with van der Waals surface area (Å²) in [5.74, 6) is -1.51. The minimum Gasteiger partial charge on any atom is -0.481 e. The number of nitrogens with zero attached hydrogens (tertiary/aromatic N) is 1. The van der Waals surface area contributed by atoms with Gasteiger partial charge < -0.3 is 20.1 Å². The first-order chi connectivity index (χ1) is 8.43. The van der Waals surface area contributed by atoms with Crippen molar-refractivity contribution >= 4 is 12.0 Å². The quantitative estimate of drug-likeness (QED) is 0.785. The molecule has 1 rings (SSSR count). The zero-order valence-corrected chi connectivity index (χ0v) is 11.2. The molecule has 2 atom stereocenters. The standard InChI is InChI=1S/C12H22N2O4/c1-8(11(15)16)9(2)13-12(17)14(3)10-4-6-18-7-5-10/h8-10H,4-7H2,1-3H3,(H,13,17)(H,15,16). The van der Waals surface area contributed by atoms with Gasteiger partial charge in [0.05, 0.1) is 5.92 Å². The van der Waals surface area contributed by atoms with Crippen LogP contribution in [0.1, 0.15) is 26.7 Å². The highest BCUT2D eigenvalue weighted by Crippen LogP contribution is 2.13. The van der Waals surface area contributed by atoms with Gasteiger partial charge in [0, 0.05) is 32.3 Å². The molecule has 1 aliphatic rings. The molecule has 2 unspecified atom stereocenters. The number of carboxylic acids is 1. The van der Waals surface area contributed by atoms with Crippen LogP contribution in [0, 0.1) is 5.92 Å². The average molecular weight is 258 g/mol. The van der Waals surface area contributed by atoms with Gasteiger partial charge in [-0.2, -0.15) is 0 Å². The lowest BCUT2D eigenvalue weighted by atomic mass is 10.0. The molecule has 0 aromatic carbocycles. The van der Waals surface area contributed by atoms with Crippen LogP contribution < -0.4 is 5.32 Å². The molecule has 6 heteroatoms. The van der Waals surface area contributed by atoms with Gasteiger partial charge in [-0.15, -0.1) is 0 Å². The van der Waals surface area contributed by atoms with E-state index in [1.807, 2.05) is 0 Å². The van der Waals surface area contributed by atoms with E-state index in [0.29, 0.717) is 13.2 Å². The van der Waals surface area contributed by atoms with E-state index in [1.165, 1.54) is 0 Å². The van der Waals surface area contributed by atoms with Crippen molar-refractivity contribution in [1.82, 2.24) is 10.2 Å². The third-order valence-corrected chi connectivity index (χ3v) is 3.55. The topological polar surface area (TPSA) is 78.9 Å². The van der Waals surface area contributed by atoms with Crippen LogP contribution in [-0.4, -0.2) is 54.4 Å². The molecule has 0 aromatic rings. The van der Waals surface area contributed by atoms with Gasteiger partial charge in [0.25, 0.3) is 0 Å². The molecule has 0 saturated carbocycles. The van der Waals surface area contributed by atoms with E-state index in [1.54, 1.807) is 25.8 Å². The predicted molar refractivity (Wildman–Crippen MR) is 66.4 cm³/mol. The summed E-state index contributed by atoms with van der Waals surface area (Å²) < 4.78 is 5.24. The van der Waals surface area contributed by atoms with Crippen molar-refractivity contribution in [1.29, 1.82) is 0 Å². The fraction of sp³-hybridized carbons (Fsp3) is 0.833. The lowest BCUT2D eigenvalue weighted by Gasteiger charge is -2.32. The highest BCUT2D eigenvalue weighted by molar-refractivity contribution is 5.76. The van der Waals surface area contributed by atoms with E-state index in [2.05, 4.69) is 5.32 Å². The van der Waals surface area contributed by atoms with E-state index in [-0.39, 0.29) is 12.1 Å². The lowest BCUT2D eigenvalue weighted by Crippen LogP contribution is -2.50. The molecule has 0 radical (unpaired) electrons. The Morgan fingerprint density at radius 1 is 1.33 bits per heavy atom. The maximum absolute atomic E-state index is 12.0. The van der Waals surface area contributed by atoms with Crippen LogP contribution in [0.3, 0.4) is 0 Å². The van der Waals surface area contributed by atoms with Gasteiger partial charge in [-0.05, 0) is 26.7 Å². The maximum Gasteiger partial charge on any atom is 0.317 e. The number of carbonyl (C=O) groups excluding carboxylic acids is 1. The normalized spacial score (nSPS) is 19.9. The number of ether oxygens (including phenoxy) is 1. The van der Waals surface area contributed by atoms with Crippen molar-refractivity contribution in [2.75, 3.05) is 20.3 Å². The number of carboxylic acid groups (broad SMARTS) is 1. The number of hydrogen-bond donors (Lipinski definition) is 2. The molecule has 1 aliphatic heterocycles. The molecule has 1 heterocycles. The van der Waals surface area contributed by atoms with Crippen LogP contribution in [0.25, 0.3) is 0 Å². The zero-order chi connectivity index (χ0) is 13.7. The third kappa shape index (κ3) is 3.87. The number of amides is 2. The summed E-state index contributed by atoms with van der Waals surface area (Å²) >= 11 is 0. The monoisotopic (exact) mass is 258 g/mol. The van der Waals surface area contributed by atoms with Gasteiger partial charge in [0.1, 0.15) is 0 Å². The van der Waals surface area contributed by atoms with E-state index in [9.17, 15) is 9.59 Å². The Morgan fingerprint density at radius 3 is 2.39 bits per heavy atom. The molecule has 0 aromatic heterocycles. The van der Waals surface area contributed by atoms with Crippen LogP contribution in [0.5, 0.6) is 0 Å². The summed E-state index contributed by atoms with van der Waals surface area (Å²) in [4.78, 5) is 24.4. The number of hydrogen-bond acceptors (Lipinski definition) is 3. The number of carbonyl (C=O) groups is 2. The van der Waals surface area contributed by atoms with Gasteiger partial charge >= 0.3 is 12.0 Å². The van der Waals surface area contributed by atoms with Crippen LogP contribution in [0.2, 0.25) is 0 Å². The van der Waals surface area contributed by atoms with Crippen molar-refractivity contribution in [3.63, 3.8) is 0 Å². The van der Waals surface area contributed by atoms with Crippen LogP contribution in [0.15, 0.2) is 0 Å². The molecule has 2 N–H and O–H groups in total. The number of nitrogens with one attached hydrogen (secondary N) is 1. The van der Waals surface area contributed by atoms with Gasteiger partial charge in [0.15, 0.2) is 0 Å². The molecule has 0 spiro atoms. The molecule has 1 saturated heterocycles. The Hall–Kier alpha value is -1.30. The third-order valence-electron chi connectivity index (χ3n) is 3.55. The fourth-order valence-electron chi connectivity index (χ4n) is 1.87. The van der Waals surface area contributed by atoms with E-state index in [4.69, 9.17) is 9.84 Å². The van der Waals surface area contributed by atoms with Crippen LogP contribution in [-0.2, 0) is 9.53 Å². The van der Waals surface area contributed by atoms with Gasteiger partial charge in [-0.3, -0.25) is 4.79 Å². The van der Waals surface area contributed by atoms with Crippen molar-refractivity contribution in [2.45, 2.75) is 38.8 Å². The highest BCUT2D eigenvalue weighted by atomic mass is 16.5. The summed E-state index contributed by atoms with van der Waals surface area (Å²) in [5.41, 5.74) is 0. The van der Waals surface area contributed by atoms with Gasteiger partial charge in [0.2, 0.25) is 0 Å². The molecule has 0 bridgehead atoms. The Morgan fingerprint density at radius 2 is 1.89 bits per heavy atom. The first-order valence-electron chi connectivity index (χ1n) is 6.27. The molecule has 18 heavy (non-hydrogen) atoms. The highest BCUT2D eigenvalue weighted by Gasteiger charge is 2.26. The summed E-state index contributed by atoms with van der Waals surface area (Å²) in [6.07, 6.45) is 1.65. The second-order valence-corrected chi connectivity index (χ2v) is 4.82. The molecular formula is C12H22N2O4. The summed E-state index contributed by atoms with van der Waals surface area (Å²) in [6.45, 7) is 4.63. The minimum atomic E-state index is -0.906. The first kappa shape index (κ1) is 14.8. The van der Waals surface area contributed by atoms with Crippen molar-refractivity contribution in [2.24, 2.45) is 5.92 Å². The van der Waals surface area contributed by atoms with Crippen LogP contribution >= 0.6 is 0 Å². The van der Waals surface area contributed by atoms with Crippen LogP contribution in [0.4, 0.5) is 4.79 Å². The molecule has 0 aliphatic carbocycles. The van der Waals surface area contributed by atoms with E-state index >= 15 is 0 Å². The maximum atomic E-state index is 12.0. The molecular weight excluding hydrogens is 236 g/mol. The van der Waals surface area contributed by atoms with Gasteiger partial charge in [-0.25, -0.2) is 4.79 Å². The predicted octanol–water partition coefficient (Wildman–Crippen LogP) is 0.916. The SMILES string of the molecule is CC(NC(=O)N(C)C1CCOCC1)C(C)C(=O)O. The molecule has 6 nitrogen and oxygen atoms in total. The summed E-state index contributed by atoms with van der Waals surface area (Å²) in [6, 6.07) is -0.439. The average Bonchev–Trinajstić information content (AvgIpc) is 2.37. The molecule has 1 fully saturated rings. The van der Waals surface area contributed by atoms with Gasteiger partial charge in [-0.1, -0.05) is 0 Å². The number of urea groups is 1. The minimum absolute atomic E-state index is 0.172. The summed E-state index contributed by atoms with van der Waals surface area (Å²) in [7, 11) is 1.74. The summed E-state index contributed by atoms with van der Waals surface area (Å²) in [5, 5.41) is 11.6. The largest absolute Gasteiger partial charge is 0.481 e. The lowest BCUT2D eigenvalue weighted by molar-refractivity contribution is -0.141. The Labute approximate surface area is 107 Å². The number of rotatable bonds is 4. The smallest absolute Gasteiger partial charge is 0.317 e. The zero-order valence-electron chi connectivity index (χ0n) is 11.2. The van der Waals surface area contributed by atoms with E-state index < -0.39 is 17.9 Å². The van der Waals surface area contributed by atoms with Crippen molar-refractivity contribution < 1.29 is 19.4 Å². The molecule has 2 amide bonds. The Bertz CT molecular complexity index is 302. The Kier molecular flexibility index (Phi) is 5.40. The second-order valence-electron chi connectivity index (χ2n) is 4.82. The van der Waals surface area contributed by atoms with Crippen molar-refractivity contribution in [3.8, 4) is 0 Å². The first-order valence-corrected chi connectivity index (χ1v) is 6.27. The Balaban J connectivity index is 2.46. The number of aliphatic carboxylic acids is 1. The van der Waals surface area contributed by atoms with Crippen molar-refractivity contribution in [3.05, 3.63) is 0 Å². The second kappa shape index (κ2) is 6.58. The molecule has 104 valence electrons.